The maximum Gasteiger partial charge on any atom is 0.180 e. The molecule has 3 rings (SSSR count). The third kappa shape index (κ3) is 3.80. The minimum absolute atomic E-state index is 0.174. The molecule has 1 aromatic heterocycles. The summed E-state index contributed by atoms with van der Waals surface area (Å²) in [5, 5.41) is 1.68. The first kappa shape index (κ1) is 14.9. The summed E-state index contributed by atoms with van der Waals surface area (Å²) in [5.41, 5.74) is 5.65. The number of rotatable bonds is 4. The van der Waals surface area contributed by atoms with Crippen LogP contribution in [0.4, 0.5) is 5.13 Å². The van der Waals surface area contributed by atoms with Gasteiger partial charge in [0, 0.05) is 36.8 Å². The molecule has 1 saturated heterocycles. The number of halogens is 2. The molecule has 0 aliphatic carbocycles. The number of ether oxygens (including phenoxy) is 1. The van der Waals surface area contributed by atoms with Gasteiger partial charge in [-0.15, -0.1) is 11.3 Å². The minimum Gasteiger partial charge on any atom is -0.489 e. The fraction of sp³-hybridized carbons (Fsp3) is 0.357. The first-order valence-electron chi connectivity index (χ1n) is 6.64. The quantitative estimate of drug-likeness (QED) is 0.919. The van der Waals surface area contributed by atoms with Gasteiger partial charge in [-0.1, -0.05) is 23.2 Å². The average molecular weight is 344 g/mol. The van der Waals surface area contributed by atoms with Crippen molar-refractivity contribution in [2.45, 2.75) is 19.1 Å². The Kier molecular flexibility index (Phi) is 4.54. The van der Waals surface area contributed by atoms with E-state index in [1.165, 1.54) is 16.2 Å². The molecule has 0 radical (unpaired) electrons. The molecule has 0 saturated carbocycles. The van der Waals surface area contributed by atoms with E-state index in [1.54, 1.807) is 12.1 Å². The molecule has 21 heavy (non-hydrogen) atoms. The summed E-state index contributed by atoms with van der Waals surface area (Å²) in [7, 11) is 0. The molecule has 0 spiro atoms. The van der Waals surface area contributed by atoms with E-state index in [9.17, 15) is 0 Å². The van der Waals surface area contributed by atoms with Gasteiger partial charge in [0.2, 0.25) is 0 Å². The summed E-state index contributed by atoms with van der Waals surface area (Å²) >= 11 is 13.4. The number of nitrogen functional groups attached to an aromatic ring is 1. The van der Waals surface area contributed by atoms with Gasteiger partial charge in [-0.3, -0.25) is 4.90 Å². The Labute approximate surface area is 137 Å². The second kappa shape index (κ2) is 6.40. The van der Waals surface area contributed by atoms with Crippen LogP contribution in [0.1, 0.15) is 11.3 Å². The number of anilines is 1. The van der Waals surface area contributed by atoms with Gasteiger partial charge in [-0.25, -0.2) is 4.98 Å². The Morgan fingerprint density at radius 1 is 1.38 bits per heavy atom. The molecule has 112 valence electrons. The number of nitrogens with zero attached hydrogens (tertiary/aromatic N) is 2. The zero-order valence-electron chi connectivity index (χ0n) is 11.3. The second-order valence-electron chi connectivity index (χ2n) is 5.00. The zero-order valence-corrected chi connectivity index (χ0v) is 13.6. The molecular formula is C14H15Cl2N3OS. The van der Waals surface area contributed by atoms with E-state index < -0.39 is 0 Å². The van der Waals surface area contributed by atoms with Crippen LogP contribution in [0, 0.1) is 0 Å². The Morgan fingerprint density at radius 2 is 2.24 bits per heavy atom. The molecule has 1 fully saturated rings. The van der Waals surface area contributed by atoms with Crippen molar-refractivity contribution in [2.24, 2.45) is 0 Å². The second-order valence-corrected chi connectivity index (χ2v) is 6.97. The van der Waals surface area contributed by atoms with Crippen LogP contribution in [0.25, 0.3) is 0 Å². The van der Waals surface area contributed by atoms with Crippen molar-refractivity contribution in [3.05, 3.63) is 39.3 Å². The van der Waals surface area contributed by atoms with Crippen LogP contribution < -0.4 is 10.5 Å². The molecule has 7 heteroatoms. The summed E-state index contributed by atoms with van der Waals surface area (Å²) < 4.78 is 5.96. The Morgan fingerprint density at radius 3 is 2.95 bits per heavy atom. The molecule has 1 aliphatic heterocycles. The van der Waals surface area contributed by atoms with Crippen LogP contribution in [-0.4, -0.2) is 29.1 Å². The lowest BCUT2D eigenvalue weighted by Gasteiger charge is -2.16. The van der Waals surface area contributed by atoms with Gasteiger partial charge in [0.1, 0.15) is 11.9 Å². The average Bonchev–Trinajstić information content (AvgIpc) is 3.04. The molecule has 1 unspecified atom stereocenters. The third-order valence-electron chi connectivity index (χ3n) is 3.37. The third-order valence-corrected chi connectivity index (χ3v) is 4.92. The summed E-state index contributed by atoms with van der Waals surface area (Å²) in [6.07, 6.45) is 3.01. The number of hydrogen-bond donors (Lipinski definition) is 1. The number of nitrogens with two attached hydrogens (primary N) is 1. The van der Waals surface area contributed by atoms with E-state index in [4.69, 9.17) is 33.7 Å². The van der Waals surface area contributed by atoms with Gasteiger partial charge in [0.05, 0.1) is 10.0 Å². The van der Waals surface area contributed by atoms with Gasteiger partial charge >= 0.3 is 0 Å². The predicted octanol–water partition coefficient (Wildman–Crippen LogP) is 3.69. The van der Waals surface area contributed by atoms with Crippen molar-refractivity contribution < 1.29 is 4.74 Å². The van der Waals surface area contributed by atoms with Crippen molar-refractivity contribution in [3.8, 4) is 5.75 Å². The van der Waals surface area contributed by atoms with Crippen LogP contribution in [0.15, 0.2) is 24.4 Å². The highest BCUT2D eigenvalue weighted by Crippen LogP contribution is 2.28. The predicted molar refractivity (Wildman–Crippen MR) is 87.3 cm³/mol. The molecule has 4 nitrogen and oxygen atoms in total. The lowest BCUT2D eigenvalue weighted by molar-refractivity contribution is 0.199. The number of likely N-dealkylation sites (tertiary alicyclic amines) is 1. The van der Waals surface area contributed by atoms with Crippen LogP contribution in [0.2, 0.25) is 10.0 Å². The van der Waals surface area contributed by atoms with E-state index in [1.807, 2.05) is 12.3 Å². The SMILES string of the molecule is Nc1ncc(CN2CCC(Oc3ccc(Cl)c(Cl)c3)C2)s1. The van der Waals surface area contributed by atoms with Crippen molar-refractivity contribution >= 4 is 39.7 Å². The monoisotopic (exact) mass is 343 g/mol. The molecule has 1 aliphatic rings. The smallest absolute Gasteiger partial charge is 0.180 e. The van der Waals surface area contributed by atoms with Gasteiger partial charge in [0.25, 0.3) is 0 Å². The van der Waals surface area contributed by atoms with Crippen molar-refractivity contribution in [2.75, 3.05) is 18.8 Å². The zero-order chi connectivity index (χ0) is 14.8. The summed E-state index contributed by atoms with van der Waals surface area (Å²) in [6, 6.07) is 5.36. The number of aromatic nitrogens is 1. The van der Waals surface area contributed by atoms with E-state index in [-0.39, 0.29) is 6.10 Å². The largest absolute Gasteiger partial charge is 0.489 e. The van der Waals surface area contributed by atoms with Gasteiger partial charge in [0.15, 0.2) is 5.13 Å². The van der Waals surface area contributed by atoms with Crippen LogP contribution >= 0.6 is 34.5 Å². The summed E-state index contributed by atoms with van der Waals surface area (Å²) in [6.45, 7) is 2.76. The van der Waals surface area contributed by atoms with E-state index >= 15 is 0 Å². The van der Waals surface area contributed by atoms with Crippen molar-refractivity contribution in [1.82, 2.24) is 9.88 Å². The topological polar surface area (TPSA) is 51.4 Å². The summed E-state index contributed by atoms with van der Waals surface area (Å²) in [4.78, 5) is 7.60. The molecule has 0 amide bonds. The standard InChI is InChI=1S/C14H15Cl2N3OS/c15-12-2-1-9(5-13(12)16)20-10-3-4-19(7-10)8-11-6-18-14(17)21-11/h1-2,5-6,10H,3-4,7-8H2,(H2,17,18). The van der Waals surface area contributed by atoms with E-state index in [0.717, 1.165) is 31.8 Å². The molecule has 1 atom stereocenters. The fourth-order valence-electron chi connectivity index (χ4n) is 2.40. The molecule has 0 bridgehead atoms. The van der Waals surface area contributed by atoms with Crippen LogP contribution in [-0.2, 0) is 6.54 Å². The van der Waals surface area contributed by atoms with Gasteiger partial charge in [-0.2, -0.15) is 0 Å². The lowest BCUT2D eigenvalue weighted by atomic mass is 10.3. The number of thiazole rings is 1. The molecular weight excluding hydrogens is 329 g/mol. The number of benzene rings is 1. The molecule has 2 heterocycles. The Bertz CT molecular complexity index is 634. The number of hydrogen-bond acceptors (Lipinski definition) is 5. The maximum atomic E-state index is 6.00. The highest BCUT2D eigenvalue weighted by atomic mass is 35.5. The van der Waals surface area contributed by atoms with Crippen LogP contribution in [0.5, 0.6) is 5.75 Å². The first-order valence-corrected chi connectivity index (χ1v) is 8.21. The molecule has 2 N–H and O–H groups in total. The summed E-state index contributed by atoms with van der Waals surface area (Å²) in [5.74, 6) is 0.762. The van der Waals surface area contributed by atoms with E-state index in [0.29, 0.717) is 15.2 Å². The fourth-order valence-corrected chi connectivity index (χ4v) is 3.41. The van der Waals surface area contributed by atoms with Gasteiger partial charge < -0.3 is 10.5 Å². The highest BCUT2D eigenvalue weighted by Gasteiger charge is 2.24. The van der Waals surface area contributed by atoms with Crippen LogP contribution in [0.3, 0.4) is 0 Å². The first-order chi connectivity index (χ1) is 10.1. The normalized spacial score (nSPS) is 19.0. The van der Waals surface area contributed by atoms with Gasteiger partial charge in [-0.05, 0) is 18.6 Å². The van der Waals surface area contributed by atoms with Crippen molar-refractivity contribution in [1.29, 1.82) is 0 Å². The lowest BCUT2D eigenvalue weighted by Crippen LogP contribution is -2.24. The molecule has 2 aromatic rings. The highest BCUT2D eigenvalue weighted by molar-refractivity contribution is 7.15. The Hall–Kier alpha value is -1.01. The minimum atomic E-state index is 0.174. The van der Waals surface area contributed by atoms with E-state index in [2.05, 4.69) is 9.88 Å². The Balaban J connectivity index is 1.55. The van der Waals surface area contributed by atoms with Crippen molar-refractivity contribution in [3.63, 3.8) is 0 Å². The maximum absolute atomic E-state index is 6.00. The molecule has 1 aromatic carbocycles.